The summed E-state index contributed by atoms with van der Waals surface area (Å²) in [5, 5.41) is 23.3. The van der Waals surface area contributed by atoms with Gasteiger partial charge in [-0.15, -0.1) is 0 Å². The summed E-state index contributed by atoms with van der Waals surface area (Å²) in [6.07, 6.45) is 1.25. The quantitative estimate of drug-likeness (QED) is 0.169. The van der Waals surface area contributed by atoms with Gasteiger partial charge in [0.15, 0.2) is 9.45 Å². The number of amides is 2. The molecule has 0 unspecified atom stereocenters. The number of hydrogen-bond donors (Lipinski definition) is 3. The van der Waals surface area contributed by atoms with E-state index in [2.05, 4.69) is 15.6 Å². The van der Waals surface area contributed by atoms with Crippen LogP contribution in [0.15, 0.2) is 33.0 Å². The van der Waals surface area contributed by atoms with Crippen molar-refractivity contribution in [2.45, 2.75) is 9.24 Å². The Morgan fingerprint density at radius 3 is 2.54 bits per heavy atom. The molecule has 3 N–H and O–H groups in total. The first-order valence-electron chi connectivity index (χ1n) is 6.70. The number of rotatable bonds is 4. The molecule has 13 heteroatoms. The summed E-state index contributed by atoms with van der Waals surface area (Å²) in [5.41, 5.74) is -0.0746. The van der Waals surface area contributed by atoms with Gasteiger partial charge in [0.05, 0.1) is 9.82 Å². The smallest absolute Gasteiger partial charge is 0.283 e. The summed E-state index contributed by atoms with van der Waals surface area (Å²) in [6, 6.07) is 4.32. The fraction of sp³-hybridized carbons (Fsp3) is 0. The number of aromatic nitrogens is 1. The summed E-state index contributed by atoms with van der Waals surface area (Å²) in [5.74, 6) is -1.35. The van der Waals surface area contributed by atoms with Gasteiger partial charge in [0.25, 0.3) is 17.5 Å². The summed E-state index contributed by atoms with van der Waals surface area (Å²) < 4.78 is 0.522. The van der Waals surface area contributed by atoms with Crippen molar-refractivity contribution in [2.24, 2.45) is 0 Å². The molecule has 26 heavy (non-hydrogen) atoms. The van der Waals surface area contributed by atoms with Gasteiger partial charge in [-0.05, 0) is 50.6 Å². The molecule has 0 radical (unpaired) electrons. The summed E-state index contributed by atoms with van der Waals surface area (Å²) in [4.78, 5) is 39.0. The molecule has 0 atom stereocenters. The van der Waals surface area contributed by atoms with E-state index in [1.165, 1.54) is 28.5 Å². The van der Waals surface area contributed by atoms with Crippen molar-refractivity contribution in [3.8, 4) is 0 Å². The maximum Gasteiger partial charge on any atom is 0.283 e. The predicted octanol–water partition coefficient (Wildman–Crippen LogP) is 1.66. The molecule has 1 aromatic carbocycles. The molecule has 1 aliphatic rings. The maximum absolute atomic E-state index is 11.9. The van der Waals surface area contributed by atoms with Crippen LogP contribution in [-0.4, -0.2) is 26.8 Å². The van der Waals surface area contributed by atoms with Crippen molar-refractivity contribution < 1.29 is 14.5 Å². The average molecular weight is 425 g/mol. The number of nitrogens with one attached hydrogen (secondary N) is 3. The Morgan fingerprint density at radius 2 is 1.96 bits per heavy atom. The van der Waals surface area contributed by atoms with Crippen molar-refractivity contribution in [3.05, 3.63) is 44.3 Å². The standard InChI is InChI=1S/C13H7N5O4S4/c14-11-17-13(26-25-11)24-8-2-1-5(4-7(8)18(21)22)3-6-9(19)15-12(23)16-10(6)20/h1-4,14H,(H2,15,16,19,20,23). The number of thiocarbonyl (C=S) groups is 1. The Hall–Kier alpha value is -2.48. The highest BCUT2D eigenvalue weighted by Crippen LogP contribution is 2.36. The molecular formula is C13H7N5O4S4. The molecule has 1 saturated heterocycles. The summed E-state index contributed by atoms with van der Waals surface area (Å²) >= 11 is 5.79. The van der Waals surface area contributed by atoms with Crippen LogP contribution in [-0.2, 0) is 9.59 Å². The van der Waals surface area contributed by atoms with Crippen LogP contribution >= 0.6 is 44.7 Å². The minimum atomic E-state index is -0.674. The van der Waals surface area contributed by atoms with Gasteiger partial charge in [-0.2, -0.15) is 0 Å². The Labute approximate surface area is 162 Å². The highest BCUT2D eigenvalue weighted by Gasteiger charge is 2.26. The van der Waals surface area contributed by atoms with Crippen molar-refractivity contribution >= 4 is 73.4 Å². The minimum absolute atomic E-state index is 0.0897. The lowest BCUT2D eigenvalue weighted by Crippen LogP contribution is -2.51. The Balaban J connectivity index is 1.96. The zero-order valence-electron chi connectivity index (χ0n) is 12.5. The fourth-order valence-electron chi connectivity index (χ4n) is 1.96. The Kier molecular flexibility index (Phi) is 5.22. The van der Waals surface area contributed by atoms with Crippen LogP contribution in [0.5, 0.6) is 0 Å². The molecule has 2 amide bonds. The second kappa shape index (κ2) is 7.41. The molecule has 0 aliphatic carbocycles. The van der Waals surface area contributed by atoms with E-state index in [0.717, 1.165) is 22.1 Å². The van der Waals surface area contributed by atoms with E-state index in [1.54, 1.807) is 6.07 Å². The molecule has 3 rings (SSSR count). The van der Waals surface area contributed by atoms with Crippen molar-refractivity contribution in [1.29, 1.82) is 5.41 Å². The van der Waals surface area contributed by atoms with Crippen LogP contribution in [0.1, 0.15) is 5.56 Å². The van der Waals surface area contributed by atoms with Gasteiger partial charge in [-0.1, -0.05) is 17.8 Å². The molecule has 1 fully saturated rings. The number of nitro benzene ring substituents is 1. The first kappa shape index (κ1) is 18.3. The van der Waals surface area contributed by atoms with Crippen LogP contribution in [0.2, 0.25) is 0 Å². The minimum Gasteiger partial charge on any atom is -0.299 e. The number of benzene rings is 1. The Bertz CT molecular complexity index is 1020. The molecule has 1 aliphatic heterocycles. The SMILES string of the molecule is N=c1nc(Sc2ccc(C=C3C(=O)NC(=S)NC3=O)cc2[N+](=O)[O-])ss1. The first-order chi connectivity index (χ1) is 12.3. The van der Waals surface area contributed by atoms with Crippen LogP contribution in [0.25, 0.3) is 6.08 Å². The zero-order valence-corrected chi connectivity index (χ0v) is 15.7. The lowest BCUT2D eigenvalue weighted by atomic mass is 10.1. The number of carbonyl (C=O) groups is 2. The molecule has 9 nitrogen and oxygen atoms in total. The topological polar surface area (TPSA) is 138 Å². The van der Waals surface area contributed by atoms with Crippen LogP contribution in [0.3, 0.4) is 0 Å². The van der Waals surface area contributed by atoms with Crippen molar-refractivity contribution in [1.82, 2.24) is 15.6 Å². The van der Waals surface area contributed by atoms with Gasteiger partial charge in [0, 0.05) is 6.07 Å². The van der Waals surface area contributed by atoms with E-state index in [4.69, 9.17) is 17.6 Å². The lowest BCUT2D eigenvalue weighted by Gasteiger charge is -2.16. The average Bonchev–Trinajstić information content (AvgIpc) is 2.97. The van der Waals surface area contributed by atoms with Gasteiger partial charge >= 0.3 is 0 Å². The third kappa shape index (κ3) is 4.01. The normalized spacial score (nSPS) is 14.0. The first-order valence-corrected chi connectivity index (χ1v) is 10.1. The molecular weight excluding hydrogens is 418 g/mol. The van der Waals surface area contributed by atoms with Crippen LogP contribution in [0, 0.1) is 15.5 Å². The molecule has 2 heterocycles. The molecule has 132 valence electrons. The van der Waals surface area contributed by atoms with Gasteiger partial charge in [-0.25, -0.2) is 4.98 Å². The monoisotopic (exact) mass is 425 g/mol. The summed E-state index contributed by atoms with van der Waals surface area (Å²) in [7, 11) is 2.41. The van der Waals surface area contributed by atoms with Crippen molar-refractivity contribution in [2.75, 3.05) is 0 Å². The van der Waals surface area contributed by atoms with Gasteiger partial charge in [-0.3, -0.25) is 35.7 Å². The van der Waals surface area contributed by atoms with E-state index >= 15 is 0 Å². The van der Waals surface area contributed by atoms with Crippen LogP contribution < -0.4 is 15.4 Å². The maximum atomic E-state index is 11.9. The lowest BCUT2D eigenvalue weighted by molar-refractivity contribution is -0.387. The van der Waals surface area contributed by atoms with E-state index in [9.17, 15) is 19.7 Å². The molecule has 2 aromatic rings. The van der Waals surface area contributed by atoms with E-state index in [1.807, 2.05) is 0 Å². The Morgan fingerprint density at radius 1 is 1.27 bits per heavy atom. The highest BCUT2D eigenvalue weighted by atomic mass is 32.9. The number of nitro groups is 1. The number of nitrogens with zero attached hydrogens (tertiary/aromatic N) is 2. The van der Waals surface area contributed by atoms with Gasteiger partial charge in [0.1, 0.15) is 5.57 Å². The largest absolute Gasteiger partial charge is 0.299 e. The second-order valence-electron chi connectivity index (χ2n) is 4.73. The molecule has 1 aromatic heterocycles. The molecule has 0 spiro atoms. The third-order valence-corrected chi connectivity index (χ3v) is 6.63. The molecule has 0 saturated carbocycles. The van der Waals surface area contributed by atoms with E-state index < -0.39 is 16.7 Å². The number of carbonyl (C=O) groups excluding carboxylic acids is 2. The van der Waals surface area contributed by atoms with E-state index in [-0.39, 0.29) is 21.2 Å². The molecule has 0 bridgehead atoms. The third-order valence-electron chi connectivity index (χ3n) is 3.02. The van der Waals surface area contributed by atoms with Crippen molar-refractivity contribution in [3.63, 3.8) is 0 Å². The second-order valence-corrected chi connectivity index (χ2v) is 8.54. The van der Waals surface area contributed by atoms with E-state index in [0.29, 0.717) is 14.8 Å². The zero-order chi connectivity index (χ0) is 18.8. The summed E-state index contributed by atoms with van der Waals surface area (Å²) in [6.45, 7) is 0. The van der Waals surface area contributed by atoms with Crippen LogP contribution in [0.4, 0.5) is 5.69 Å². The fourth-order valence-corrected chi connectivity index (χ4v) is 5.05. The predicted molar refractivity (Wildman–Crippen MR) is 99.9 cm³/mol. The van der Waals surface area contributed by atoms with Gasteiger partial charge in [0.2, 0.25) is 4.80 Å². The number of hydrogen-bond acceptors (Lipinski definition) is 10. The van der Waals surface area contributed by atoms with Gasteiger partial charge < -0.3 is 0 Å². The highest BCUT2D eigenvalue weighted by molar-refractivity contribution is 8.02.